The average molecular weight is 327 g/mol. The zero-order valence-corrected chi connectivity index (χ0v) is 13.6. The highest BCUT2D eigenvalue weighted by molar-refractivity contribution is 6.33. The summed E-state index contributed by atoms with van der Waals surface area (Å²) in [4.78, 5) is 18.2. The number of pyridine rings is 1. The van der Waals surface area contributed by atoms with Crippen LogP contribution in [0.15, 0.2) is 28.7 Å². The lowest BCUT2D eigenvalue weighted by Crippen LogP contribution is -2.36. The van der Waals surface area contributed by atoms with Crippen molar-refractivity contribution in [2.75, 3.05) is 0 Å². The number of amides is 1. The van der Waals surface area contributed by atoms with Crippen molar-refractivity contribution in [1.82, 2.24) is 9.88 Å². The second kappa shape index (κ2) is 6.50. The molecular formula is C15H16Cl2N2O2. The Morgan fingerprint density at radius 1 is 1.29 bits per heavy atom. The Kier molecular flexibility index (Phi) is 4.91. The van der Waals surface area contributed by atoms with Gasteiger partial charge in [-0.15, -0.1) is 0 Å². The smallest absolute Gasteiger partial charge is 0.254 e. The van der Waals surface area contributed by atoms with Crippen LogP contribution in [0.5, 0.6) is 0 Å². The van der Waals surface area contributed by atoms with Crippen LogP contribution in [0.2, 0.25) is 10.3 Å². The standard InChI is InChI=1S/C15H16Cl2N2O2/c1-9(2)19(8-12-5-4-10(3)21-12)15(20)11-6-13(16)18-14(17)7-11/h4-7,9H,8H2,1-3H3. The molecule has 0 aliphatic rings. The van der Waals surface area contributed by atoms with Crippen molar-refractivity contribution in [2.45, 2.75) is 33.4 Å². The summed E-state index contributed by atoms with van der Waals surface area (Å²) in [6.07, 6.45) is 0. The van der Waals surface area contributed by atoms with Gasteiger partial charge in [0.05, 0.1) is 6.54 Å². The maximum absolute atomic E-state index is 12.6. The Morgan fingerprint density at radius 2 is 1.90 bits per heavy atom. The maximum Gasteiger partial charge on any atom is 0.254 e. The third-order valence-corrected chi connectivity index (χ3v) is 3.40. The van der Waals surface area contributed by atoms with Crippen molar-refractivity contribution in [2.24, 2.45) is 0 Å². The Labute approximate surface area is 133 Å². The molecule has 4 nitrogen and oxygen atoms in total. The third-order valence-electron chi connectivity index (χ3n) is 3.02. The zero-order valence-electron chi connectivity index (χ0n) is 12.1. The number of aryl methyl sites for hydroxylation is 1. The molecule has 1 amide bonds. The van der Waals surface area contributed by atoms with Crippen LogP contribution in [-0.4, -0.2) is 21.8 Å². The molecule has 0 N–H and O–H groups in total. The summed E-state index contributed by atoms with van der Waals surface area (Å²) in [5, 5.41) is 0.395. The van der Waals surface area contributed by atoms with E-state index >= 15 is 0 Å². The Hall–Kier alpha value is -1.52. The van der Waals surface area contributed by atoms with E-state index in [0.29, 0.717) is 12.1 Å². The zero-order chi connectivity index (χ0) is 15.6. The number of nitrogens with zero attached hydrogens (tertiary/aromatic N) is 2. The maximum atomic E-state index is 12.6. The van der Waals surface area contributed by atoms with E-state index in [-0.39, 0.29) is 22.3 Å². The first-order chi connectivity index (χ1) is 9.86. The van der Waals surface area contributed by atoms with E-state index < -0.39 is 0 Å². The van der Waals surface area contributed by atoms with Gasteiger partial charge in [0, 0.05) is 11.6 Å². The van der Waals surface area contributed by atoms with Crippen molar-refractivity contribution in [3.05, 3.63) is 51.7 Å². The van der Waals surface area contributed by atoms with Crippen LogP contribution in [0.4, 0.5) is 0 Å². The molecule has 2 aromatic heterocycles. The highest BCUT2D eigenvalue weighted by Gasteiger charge is 2.21. The minimum Gasteiger partial charge on any atom is -0.464 e. The van der Waals surface area contributed by atoms with Gasteiger partial charge >= 0.3 is 0 Å². The van der Waals surface area contributed by atoms with Gasteiger partial charge in [-0.05, 0) is 45.0 Å². The highest BCUT2D eigenvalue weighted by Crippen LogP contribution is 2.19. The van der Waals surface area contributed by atoms with Gasteiger partial charge in [0.15, 0.2) is 0 Å². The van der Waals surface area contributed by atoms with Gasteiger partial charge in [0.25, 0.3) is 5.91 Å². The summed E-state index contributed by atoms with van der Waals surface area (Å²) in [6.45, 7) is 6.14. The van der Waals surface area contributed by atoms with Crippen molar-refractivity contribution in [1.29, 1.82) is 0 Å². The molecule has 0 saturated carbocycles. The van der Waals surface area contributed by atoms with E-state index in [1.807, 2.05) is 32.9 Å². The Bertz CT molecular complexity index is 633. The average Bonchev–Trinajstić information content (AvgIpc) is 2.79. The van der Waals surface area contributed by atoms with Gasteiger partial charge in [0.2, 0.25) is 0 Å². The van der Waals surface area contributed by atoms with Crippen LogP contribution in [0.25, 0.3) is 0 Å². The van der Waals surface area contributed by atoms with Crippen LogP contribution in [0.3, 0.4) is 0 Å². The molecule has 2 rings (SSSR count). The first-order valence-electron chi connectivity index (χ1n) is 6.56. The fourth-order valence-corrected chi connectivity index (χ4v) is 2.44. The van der Waals surface area contributed by atoms with Gasteiger partial charge in [-0.1, -0.05) is 23.2 Å². The van der Waals surface area contributed by atoms with Crippen molar-refractivity contribution in [3.8, 4) is 0 Å². The predicted molar refractivity (Wildman–Crippen MR) is 82.7 cm³/mol. The number of carbonyl (C=O) groups excluding carboxylic acids is 1. The molecule has 0 aliphatic heterocycles. The van der Waals surface area contributed by atoms with E-state index in [0.717, 1.165) is 11.5 Å². The van der Waals surface area contributed by atoms with Crippen molar-refractivity contribution in [3.63, 3.8) is 0 Å². The lowest BCUT2D eigenvalue weighted by Gasteiger charge is -2.26. The van der Waals surface area contributed by atoms with E-state index in [1.54, 1.807) is 4.90 Å². The highest BCUT2D eigenvalue weighted by atomic mass is 35.5. The first kappa shape index (κ1) is 15.9. The predicted octanol–water partition coefficient (Wildman–Crippen LogP) is 4.34. The first-order valence-corrected chi connectivity index (χ1v) is 7.32. The number of aromatic nitrogens is 1. The second-order valence-electron chi connectivity index (χ2n) is 5.04. The topological polar surface area (TPSA) is 46.3 Å². The molecule has 0 aromatic carbocycles. The second-order valence-corrected chi connectivity index (χ2v) is 5.81. The molecule has 21 heavy (non-hydrogen) atoms. The third kappa shape index (κ3) is 3.99. The summed E-state index contributed by atoms with van der Waals surface area (Å²) < 4.78 is 5.54. The molecule has 0 saturated heterocycles. The summed E-state index contributed by atoms with van der Waals surface area (Å²) in [5.74, 6) is 1.39. The molecule has 0 aliphatic carbocycles. The monoisotopic (exact) mass is 326 g/mol. The molecule has 0 unspecified atom stereocenters. The molecule has 2 heterocycles. The van der Waals surface area contributed by atoms with Gasteiger partial charge in [-0.25, -0.2) is 4.98 Å². The molecule has 0 atom stereocenters. The summed E-state index contributed by atoms with van der Waals surface area (Å²) >= 11 is 11.7. The van der Waals surface area contributed by atoms with Crippen LogP contribution in [-0.2, 0) is 6.54 Å². The van der Waals surface area contributed by atoms with Crippen LogP contribution < -0.4 is 0 Å². The van der Waals surface area contributed by atoms with Crippen LogP contribution in [0, 0.1) is 6.92 Å². The fraction of sp³-hybridized carbons (Fsp3) is 0.333. The minimum atomic E-state index is -0.162. The number of rotatable bonds is 4. The van der Waals surface area contributed by atoms with E-state index in [1.165, 1.54) is 12.1 Å². The molecule has 112 valence electrons. The summed E-state index contributed by atoms with van der Waals surface area (Å²) in [5.41, 5.74) is 0.414. The Morgan fingerprint density at radius 3 is 2.38 bits per heavy atom. The molecule has 0 spiro atoms. The van der Waals surface area contributed by atoms with Crippen LogP contribution in [0.1, 0.15) is 35.7 Å². The van der Waals surface area contributed by atoms with E-state index in [9.17, 15) is 4.79 Å². The summed E-state index contributed by atoms with van der Waals surface area (Å²) in [7, 11) is 0. The molecule has 2 aromatic rings. The van der Waals surface area contributed by atoms with Gasteiger partial charge in [-0.2, -0.15) is 0 Å². The summed E-state index contributed by atoms with van der Waals surface area (Å²) in [6, 6.07) is 6.77. The van der Waals surface area contributed by atoms with E-state index in [2.05, 4.69) is 4.98 Å². The molecule has 0 fully saturated rings. The van der Waals surface area contributed by atoms with Crippen molar-refractivity contribution >= 4 is 29.1 Å². The molecule has 6 heteroatoms. The Balaban J connectivity index is 2.26. The molecule has 0 bridgehead atoms. The number of hydrogen-bond donors (Lipinski definition) is 0. The van der Waals surface area contributed by atoms with Crippen molar-refractivity contribution < 1.29 is 9.21 Å². The largest absolute Gasteiger partial charge is 0.464 e. The van der Waals surface area contributed by atoms with Gasteiger partial charge in [0.1, 0.15) is 21.8 Å². The van der Waals surface area contributed by atoms with E-state index in [4.69, 9.17) is 27.6 Å². The lowest BCUT2D eigenvalue weighted by molar-refractivity contribution is 0.0675. The van der Waals surface area contributed by atoms with Crippen LogP contribution >= 0.6 is 23.2 Å². The number of hydrogen-bond acceptors (Lipinski definition) is 3. The number of halogens is 2. The fourth-order valence-electron chi connectivity index (χ4n) is 1.98. The number of furan rings is 1. The lowest BCUT2D eigenvalue weighted by atomic mass is 10.2. The quantitative estimate of drug-likeness (QED) is 0.785. The normalized spacial score (nSPS) is 11.0. The number of carbonyl (C=O) groups is 1. The SMILES string of the molecule is Cc1ccc(CN(C(=O)c2cc(Cl)nc(Cl)c2)C(C)C)o1. The molecule has 0 radical (unpaired) electrons. The minimum absolute atomic E-state index is 0.00798. The van der Waals surface area contributed by atoms with Gasteiger partial charge < -0.3 is 9.32 Å². The van der Waals surface area contributed by atoms with Gasteiger partial charge in [-0.3, -0.25) is 4.79 Å². The molecular weight excluding hydrogens is 311 g/mol.